The molecule has 0 saturated heterocycles. The lowest BCUT2D eigenvalue weighted by atomic mass is 10.0. The molecule has 0 fully saturated rings. The standard InChI is InChI=1S/C16H16N4O/c1-9-11-7-12-13(8-14(11)20(2)16(9)21)19-15(18-12)10-3-5-17-6-4-10/h3-9,15,18-19H,1-2H3. The number of likely N-dealkylation sites (N-methyl/N-ethyl adjacent to an activating group) is 1. The number of aromatic nitrogens is 1. The summed E-state index contributed by atoms with van der Waals surface area (Å²) in [6.07, 6.45) is 3.62. The van der Waals surface area contributed by atoms with E-state index in [1.807, 2.05) is 26.1 Å². The van der Waals surface area contributed by atoms with Crippen LogP contribution in [0.5, 0.6) is 0 Å². The van der Waals surface area contributed by atoms with E-state index in [9.17, 15) is 4.79 Å². The van der Waals surface area contributed by atoms with Crippen molar-refractivity contribution in [2.75, 3.05) is 22.6 Å². The van der Waals surface area contributed by atoms with Gasteiger partial charge >= 0.3 is 0 Å². The molecule has 1 aromatic carbocycles. The molecule has 0 bridgehead atoms. The van der Waals surface area contributed by atoms with Gasteiger partial charge in [-0.2, -0.15) is 0 Å². The highest BCUT2D eigenvalue weighted by molar-refractivity contribution is 6.06. The van der Waals surface area contributed by atoms with E-state index in [-0.39, 0.29) is 18.0 Å². The molecule has 0 spiro atoms. The Morgan fingerprint density at radius 2 is 1.81 bits per heavy atom. The van der Waals surface area contributed by atoms with Gasteiger partial charge < -0.3 is 15.5 Å². The molecule has 2 aromatic rings. The van der Waals surface area contributed by atoms with Crippen LogP contribution in [0.4, 0.5) is 17.1 Å². The molecule has 106 valence electrons. The van der Waals surface area contributed by atoms with Crippen LogP contribution in [0.1, 0.15) is 30.1 Å². The smallest absolute Gasteiger partial charge is 0.234 e. The van der Waals surface area contributed by atoms with Gasteiger partial charge in [-0.25, -0.2) is 0 Å². The molecule has 1 aromatic heterocycles. The first kappa shape index (κ1) is 12.2. The highest BCUT2D eigenvalue weighted by Crippen LogP contribution is 2.45. The van der Waals surface area contributed by atoms with E-state index in [1.165, 1.54) is 0 Å². The molecule has 5 heteroatoms. The van der Waals surface area contributed by atoms with Crippen LogP contribution in [0.25, 0.3) is 0 Å². The highest BCUT2D eigenvalue weighted by atomic mass is 16.2. The van der Waals surface area contributed by atoms with E-state index in [1.54, 1.807) is 17.3 Å². The van der Waals surface area contributed by atoms with Crippen LogP contribution in [0.3, 0.4) is 0 Å². The number of carbonyl (C=O) groups excluding carboxylic acids is 1. The summed E-state index contributed by atoms with van der Waals surface area (Å²) in [6.45, 7) is 1.96. The average molecular weight is 280 g/mol. The quantitative estimate of drug-likeness (QED) is 0.843. The highest BCUT2D eigenvalue weighted by Gasteiger charge is 2.34. The largest absolute Gasteiger partial charge is 0.360 e. The summed E-state index contributed by atoms with van der Waals surface area (Å²) in [5.74, 6) is 0.0800. The number of pyridine rings is 1. The second-order valence-corrected chi connectivity index (χ2v) is 5.58. The van der Waals surface area contributed by atoms with Crippen LogP contribution in [-0.4, -0.2) is 17.9 Å². The first-order chi connectivity index (χ1) is 10.1. The third-order valence-corrected chi connectivity index (χ3v) is 4.33. The fourth-order valence-corrected chi connectivity index (χ4v) is 3.09. The molecular weight excluding hydrogens is 264 g/mol. The minimum atomic E-state index is -0.0722. The Bertz CT molecular complexity index is 688. The van der Waals surface area contributed by atoms with Crippen molar-refractivity contribution in [3.8, 4) is 0 Å². The zero-order valence-electron chi connectivity index (χ0n) is 11.9. The maximum Gasteiger partial charge on any atom is 0.234 e. The van der Waals surface area contributed by atoms with Crippen molar-refractivity contribution in [3.63, 3.8) is 0 Å². The molecule has 0 saturated carbocycles. The van der Waals surface area contributed by atoms with Gasteiger partial charge in [0.05, 0.1) is 17.3 Å². The minimum absolute atomic E-state index is 0.0434. The molecule has 0 aliphatic carbocycles. The van der Waals surface area contributed by atoms with E-state index >= 15 is 0 Å². The van der Waals surface area contributed by atoms with Crippen LogP contribution in [0.2, 0.25) is 0 Å². The Morgan fingerprint density at radius 1 is 1.14 bits per heavy atom. The molecule has 1 amide bonds. The normalized spacial score (nSPS) is 22.6. The average Bonchev–Trinajstić information content (AvgIpc) is 3.02. The van der Waals surface area contributed by atoms with Crippen LogP contribution in [-0.2, 0) is 4.79 Å². The van der Waals surface area contributed by atoms with E-state index < -0.39 is 0 Å². The SMILES string of the molecule is CC1C(=O)N(C)c2cc3c(cc21)NC(c1ccncc1)N3. The number of carbonyl (C=O) groups is 1. The number of hydrogen-bond donors (Lipinski definition) is 2. The number of rotatable bonds is 1. The third kappa shape index (κ3) is 1.70. The zero-order valence-corrected chi connectivity index (χ0v) is 11.9. The fourth-order valence-electron chi connectivity index (χ4n) is 3.09. The summed E-state index contributed by atoms with van der Waals surface area (Å²) in [4.78, 5) is 17.8. The number of anilines is 3. The van der Waals surface area contributed by atoms with Gasteiger partial charge in [-0.15, -0.1) is 0 Å². The maximum atomic E-state index is 12.1. The Kier molecular flexibility index (Phi) is 2.45. The first-order valence-electron chi connectivity index (χ1n) is 7.03. The summed E-state index contributed by atoms with van der Waals surface area (Å²) in [5, 5.41) is 6.92. The van der Waals surface area contributed by atoms with E-state index in [4.69, 9.17) is 0 Å². The van der Waals surface area contributed by atoms with Crippen molar-refractivity contribution in [2.45, 2.75) is 19.0 Å². The predicted molar refractivity (Wildman–Crippen MR) is 82.5 cm³/mol. The van der Waals surface area contributed by atoms with Crippen LogP contribution >= 0.6 is 0 Å². The van der Waals surface area contributed by atoms with Gasteiger partial charge in [0.15, 0.2) is 0 Å². The fraction of sp³-hybridized carbons (Fsp3) is 0.250. The summed E-state index contributed by atoms with van der Waals surface area (Å²) < 4.78 is 0. The molecule has 0 radical (unpaired) electrons. The Hall–Kier alpha value is -2.56. The molecule has 2 N–H and O–H groups in total. The zero-order chi connectivity index (χ0) is 14.6. The predicted octanol–water partition coefficient (Wildman–Crippen LogP) is 2.70. The van der Waals surface area contributed by atoms with Crippen molar-refractivity contribution in [1.82, 2.24) is 4.98 Å². The summed E-state index contributed by atoms with van der Waals surface area (Å²) in [7, 11) is 1.83. The first-order valence-corrected chi connectivity index (χ1v) is 7.03. The second-order valence-electron chi connectivity index (χ2n) is 5.58. The summed E-state index contributed by atoms with van der Waals surface area (Å²) in [6, 6.07) is 8.12. The number of hydrogen-bond acceptors (Lipinski definition) is 4. The van der Waals surface area contributed by atoms with Crippen molar-refractivity contribution in [3.05, 3.63) is 47.8 Å². The van der Waals surface area contributed by atoms with Gasteiger partial charge in [-0.1, -0.05) is 0 Å². The molecule has 4 rings (SSSR count). The summed E-state index contributed by atoms with van der Waals surface area (Å²) >= 11 is 0. The van der Waals surface area contributed by atoms with Gasteiger partial charge in [0.25, 0.3) is 0 Å². The molecular formula is C16H16N4O. The van der Waals surface area contributed by atoms with Gasteiger partial charge in [0.2, 0.25) is 5.91 Å². The Balaban J connectivity index is 1.71. The minimum Gasteiger partial charge on any atom is -0.360 e. The van der Waals surface area contributed by atoms with E-state index in [2.05, 4.69) is 27.8 Å². The lowest BCUT2D eigenvalue weighted by molar-refractivity contribution is -0.118. The summed E-state index contributed by atoms with van der Waals surface area (Å²) in [5.41, 5.74) is 5.30. The molecule has 5 nitrogen and oxygen atoms in total. The van der Waals surface area contributed by atoms with E-state index in [0.29, 0.717) is 0 Å². The second kappa shape index (κ2) is 4.22. The monoisotopic (exact) mass is 280 g/mol. The third-order valence-electron chi connectivity index (χ3n) is 4.33. The number of nitrogens with zero attached hydrogens (tertiary/aromatic N) is 2. The Labute approximate surface area is 123 Å². The molecule has 2 aliphatic heterocycles. The van der Waals surface area contributed by atoms with Crippen molar-refractivity contribution >= 4 is 23.0 Å². The van der Waals surface area contributed by atoms with E-state index in [0.717, 1.165) is 28.2 Å². The molecule has 2 aliphatic rings. The Morgan fingerprint density at radius 3 is 2.52 bits per heavy atom. The van der Waals surface area contributed by atoms with Crippen molar-refractivity contribution in [1.29, 1.82) is 0 Å². The van der Waals surface area contributed by atoms with Gasteiger partial charge in [0.1, 0.15) is 6.17 Å². The van der Waals surface area contributed by atoms with Gasteiger partial charge in [-0.3, -0.25) is 9.78 Å². The van der Waals surface area contributed by atoms with Crippen LogP contribution < -0.4 is 15.5 Å². The van der Waals surface area contributed by atoms with Gasteiger partial charge in [0, 0.05) is 25.1 Å². The van der Waals surface area contributed by atoms with Gasteiger partial charge in [-0.05, 0) is 42.3 Å². The van der Waals surface area contributed by atoms with Crippen molar-refractivity contribution < 1.29 is 4.79 Å². The number of nitrogens with one attached hydrogen (secondary N) is 2. The molecule has 2 atom stereocenters. The lowest BCUT2D eigenvalue weighted by Gasteiger charge is -2.12. The lowest BCUT2D eigenvalue weighted by Crippen LogP contribution is -2.22. The van der Waals surface area contributed by atoms with Crippen LogP contribution in [0, 0.1) is 0 Å². The topological polar surface area (TPSA) is 57.3 Å². The number of benzene rings is 1. The molecule has 3 heterocycles. The number of amides is 1. The number of fused-ring (bicyclic) bond motifs is 2. The van der Waals surface area contributed by atoms with Crippen LogP contribution in [0.15, 0.2) is 36.7 Å². The maximum absolute atomic E-state index is 12.1. The molecule has 21 heavy (non-hydrogen) atoms. The molecule has 2 unspecified atom stereocenters. The van der Waals surface area contributed by atoms with Crippen molar-refractivity contribution in [2.24, 2.45) is 0 Å².